The molecule has 2 amide bonds. The van der Waals surface area contributed by atoms with Gasteiger partial charge in [0.2, 0.25) is 5.75 Å². The summed E-state index contributed by atoms with van der Waals surface area (Å²) in [5, 5.41) is -0.0380. The Morgan fingerprint density at radius 1 is 1.04 bits per heavy atom. The highest BCUT2D eigenvalue weighted by Gasteiger charge is 2.36. The summed E-state index contributed by atoms with van der Waals surface area (Å²) < 4.78 is 16.0. The molecule has 25 heavy (non-hydrogen) atoms. The molecule has 140 valence electrons. The Morgan fingerprint density at radius 3 is 1.92 bits per heavy atom. The van der Waals surface area contributed by atoms with E-state index < -0.39 is 23.4 Å². The van der Waals surface area contributed by atoms with E-state index in [1.165, 1.54) is 0 Å². The second kappa shape index (κ2) is 7.86. The minimum atomic E-state index is -0.961. The third-order valence-electron chi connectivity index (χ3n) is 2.39. The SMILES string of the molecule is CCOc1c(Cl)ncnc1N(C(=O)OC(C)(C)C)C(=O)OC(C)(C)C. The number of hydrogen-bond donors (Lipinski definition) is 0. The Bertz CT molecular complexity index is 610. The van der Waals surface area contributed by atoms with Crippen LogP contribution in [0.4, 0.5) is 15.4 Å². The van der Waals surface area contributed by atoms with Crippen molar-refractivity contribution in [3.8, 4) is 5.75 Å². The zero-order valence-electron chi connectivity index (χ0n) is 15.5. The lowest BCUT2D eigenvalue weighted by Crippen LogP contribution is -2.44. The molecule has 0 bridgehead atoms. The van der Waals surface area contributed by atoms with Gasteiger partial charge in [0, 0.05) is 0 Å². The number of amides is 2. The van der Waals surface area contributed by atoms with Crippen LogP contribution >= 0.6 is 11.6 Å². The Labute approximate surface area is 152 Å². The number of halogens is 1. The average Bonchev–Trinajstić information content (AvgIpc) is 2.38. The van der Waals surface area contributed by atoms with Crippen molar-refractivity contribution in [1.82, 2.24) is 9.97 Å². The highest BCUT2D eigenvalue weighted by Crippen LogP contribution is 2.33. The largest absolute Gasteiger partial charge is 0.487 e. The molecule has 8 nitrogen and oxygen atoms in total. The van der Waals surface area contributed by atoms with Crippen molar-refractivity contribution < 1.29 is 23.8 Å². The fourth-order valence-electron chi connectivity index (χ4n) is 1.63. The molecular weight excluding hydrogens is 350 g/mol. The second-order valence-corrected chi connectivity index (χ2v) is 7.40. The number of ether oxygens (including phenoxy) is 3. The van der Waals surface area contributed by atoms with Crippen LogP contribution in [0.2, 0.25) is 5.15 Å². The smallest absolute Gasteiger partial charge is 0.425 e. The fraction of sp³-hybridized carbons (Fsp3) is 0.625. The lowest BCUT2D eigenvalue weighted by atomic mass is 10.2. The normalized spacial score (nSPS) is 11.7. The van der Waals surface area contributed by atoms with E-state index in [-0.39, 0.29) is 23.3 Å². The van der Waals surface area contributed by atoms with E-state index in [1.807, 2.05) is 0 Å². The zero-order chi connectivity index (χ0) is 19.4. The van der Waals surface area contributed by atoms with Crippen LogP contribution in [-0.2, 0) is 9.47 Å². The number of imide groups is 1. The third kappa shape index (κ3) is 6.38. The maximum absolute atomic E-state index is 12.6. The molecule has 0 aromatic carbocycles. The summed E-state index contributed by atoms with van der Waals surface area (Å²) in [5.74, 6) is -0.159. The lowest BCUT2D eigenvalue weighted by Gasteiger charge is -2.28. The molecule has 1 aromatic heterocycles. The summed E-state index contributed by atoms with van der Waals surface area (Å²) in [5.41, 5.74) is -1.67. The number of rotatable bonds is 3. The first-order valence-corrected chi connectivity index (χ1v) is 8.13. The Morgan fingerprint density at radius 2 is 1.52 bits per heavy atom. The lowest BCUT2D eigenvalue weighted by molar-refractivity contribution is 0.0427. The van der Waals surface area contributed by atoms with Crippen molar-refractivity contribution >= 4 is 29.6 Å². The van der Waals surface area contributed by atoms with E-state index in [1.54, 1.807) is 48.5 Å². The second-order valence-electron chi connectivity index (χ2n) is 7.05. The van der Waals surface area contributed by atoms with Gasteiger partial charge in [-0.05, 0) is 48.5 Å². The van der Waals surface area contributed by atoms with Gasteiger partial charge >= 0.3 is 12.2 Å². The van der Waals surface area contributed by atoms with Crippen LogP contribution in [0.15, 0.2) is 6.33 Å². The van der Waals surface area contributed by atoms with E-state index in [2.05, 4.69) is 9.97 Å². The molecule has 0 aliphatic carbocycles. The topological polar surface area (TPSA) is 90.9 Å². The van der Waals surface area contributed by atoms with Crippen molar-refractivity contribution in [2.45, 2.75) is 59.7 Å². The van der Waals surface area contributed by atoms with E-state index >= 15 is 0 Å². The molecule has 0 spiro atoms. The molecule has 0 unspecified atom stereocenters. The summed E-state index contributed by atoms with van der Waals surface area (Å²) in [6.45, 7) is 12.0. The monoisotopic (exact) mass is 373 g/mol. The molecule has 0 atom stereocenters. The van der Waals surface area contributed by atoms with Gasteiger partial charge in [-0.1, -0.05) is 11.6 Å². The Kier molecular flexibility index (Phi) is 6.59. The highest BCUT2D eigenvalue weighted by molar-refractivity contribution is 6.31. The molecule has 1 rings (SSSR count). The molecule has 1 heterocycles. The summed E-state index contributed by atoms with van der Waals surface area (Å²) in [4.78, 5) is 33.6. The Hall–Kier alpha value is -2.09. The van der Waals surface area contributed by atoms with Crippen LogP contribution < -0.4 is 9.64 Å². The van der Waals surface area contributed by atoms with Gasteiger partial charge < -0.3 is 14.2 Å². The van der Waals surface area contributed by atoms with Crippen molar-refractivity contribution in [1.29, 1.82) is 0 Å². The van der Waals surface area contributed by atoms with Crippen LogP contribution in [0.5, 0.6) is 5.75 Å². The minimum Gasteiger partial charge on any atom is -0.487 e. The van der Waals surface area contributed by atoms with E-state index in [9.17, 15) is 9.59 Å². The van der Waals surface area contributed by atoms with Gasteiger partial charge in [-0.15, -0.1) is 0 Å². The summed E-state index contributed by atoms with van der Waals surface area (Å²) >= 11 is 6.02. The van der Waals surface area contributed by atoms with Crippen LogP contribution in [0, 0.1) is 0 Å². The molecule has 1 aromatic rings. The average molecular weight is 374 g/mol. The zero-order valence-corrected chi connectivity index (χ0v) is 16.3. The van der Waals surface area contributed by atoms with E-state index in [0.29, 0.717) is 4.90 Å². The van der Waals surface area contributed by atoms with Gasteiger partial charge in [0.15, 0.2) is 11.0 Å². The number of aromatic nitrogens is 2. The summed E-state index contributed by atoms with van der Waals surface area (Å²) in [6, 6.07) is 0. The predicted molar refractivity (Wildman–Crippen MR) is 93.2 cm³/mol. The first-order chi connectivity index (χ1) is 11.4. The van der Waals surface area contributed by atoms with Gasteiger partial charge in [-0.25, -0.2) is 19.6 Å². The molecule has 0 N–H and O–H groups in total. The van der Waals surface area contributed by atoms with Gasteiger partial charge in [0.1, 0.15) is 17.5 Å². The number of nitrogens with zero attached hydrogens (tertiary/aromatic N) is 3. The van der Waals surface area contributed by atoms with Crippen LogP contribution in [0.3, 0.4) is 0 Å². The molecule has 0 aliphatic rings. The molecule has 0 saturated heterocycles. The number of carbonyl (C=O) groups is 2. The van der Waals surface area contributed by atoms with Crippen LogP contribution in [0.25, 0.3) is 0 Å². The molecule has 0 fully saturated rings. The summed E-state index contributed by atoms with van der Waals surface area (Å²) in [7, 11) is 0. The molecule has 0 saturated carbocycles. The van der Waals surface area contributed by atoms with E-state index in [4.69, 9.17) is 25.8 Å². The van der Waals surface area contributed by atoms with E-state index in [0.717, 1.165) is 6.33 Å². The van der Waals surface area contributed by atoms with Crippen molar-refractivity contribution in [2.75, 3.05) is 11.5 Å². The van der Waals surface area contributed by atoms with Crippen molar-refractivity contribution in [3.63, 3.8) is 0 Å². The maximum atomic E-state index is 12.6. The minimum absolute atomic E-state index is 0.0108. The molecule has 0 aliphatic heterocycles. The highest BCUT2D eigenvalue weighted by atomic mass is 35.5. The number of carbonyl (C=O) groups excluding carboxylic acids is 2. The molecule has 0 radical (unpaired) electrons. The van der Waals surface area contributed by atoms with Crippen LogP contribution in [0.1, 0.15) is 48.5 Å². The first-order valence-electron chi connectivity index (χ1n) is 7.75. The Balaban J connectivity index is 3.39. The van der Waals surface area contributed by atoms with Gasteiger partial charge in [0.25, 0.3) is 0 Å². The standard InChI is InChI=1S/C16H24ClN3O5/c1-8-23-10-11(17)18-9-19-12(10)20(13(21)24-15(2,3)4)14(22)25-16(5,6)7/h9H,8H2,1-7H3. The van der Waals surface area contributed by atoms with Crippen LogP contribution in [-0.4, -0.2) is 40.0 Å². The van der Waals surface area contributed by atoms with Crippen molar-refractivity contribution in [3.05, 3.63) is 11.5 Å². The fourth-order valence-corrected chi connectivity index (χ4v) is 1.82. The van der Waals surface area contributed by atoms with Gasteiger partial charge in [-0.2, -0.15) is 4.90 Å². The van der Waals surface area contributed by atoms with Gasteiger partial charge in [0.05, 0.1) is 6.61 Å². The van der Waals surface area contributed by atoms with Gasteiger partial charge in [-0.3, -0.25) is 0 Å². The maximum Gasteiger partial charge on any atom is 0.425 e. The van der Waals surface area contributed by atoms with Crippen molar-refractivity contribution in [2.24, 2.45) is 0 Å². The first kappa shape index (κ1) is 21.0. The third-order valence-corrected chi connectivity index (χ3v) is 2.66. The predicted octanol–water partition coefficient (Wildman–Crippen LogP) is 4.21. The quantitative estimate of drug-likeness (QED) is 0.733. The summed E-state index contributed by atoms with van der Waals surface area (Å²) in [6.07, 6.45) is -0.808. The molecule has 9 heteroatoms. The number of anilines is 1. The molecular formula is C16H24ClN3O5. The number of hydrogen-bond acceptors (Lipinski definition) is 7.